The Hall–Kier alpha value is -2.58. The van der Waals surface area contributed by atoms with E-state index in [0.717, 1.165) is 19.3 Å². The van der Waals surface area contributed by atoms with Gasteiger partial charge in [0.05, 0.1) is 22.3 Å². The zero-order valence-electron chi connectivity index (χ0n) is 18.5. The standard InChI is InChI=1S/C23H27Cl2N5O3/c1-28-14-16(13-27-28)21(31)26-12-15-6-9-29(10-7-15)23(33)20-3-2-8-30(20)22(32)18-11-17(24)4-5-19(18)25/h4-5,11,13-15,20H,2-3,6-10,12H2,1H3,(H,26,31). The molecule has 1 aromatic carbocycles. The number of carbonyl (C=O) groups excluding carboxylic acids is 3. The first-order valence-corrected chi connectivity index (χ1v) is 11.9. The number of rotatable bonds is 5. The van der Waals surface area contributed by atoms with E-state index in [1.165, 1.54) is 0 Å². The molecule has 3 heterocycles. The Labute approximate surface area is 202 Å². The summed E-state index contributed by atoms with van der Waals surface area (Å²) in [7, 11) is 1.77. The highest BCUT2D eigenvalue weighted by Gasteiger charge is 2.38. The molecule has 0 spiro atoms. The number of likely N-dealkylation sites (tertiary alicyclic amines) is 2. The molecule has 1 atom stereocenters. The predicted molar refractivity (Wildman–Crippen MR) is 125 cm³/mol. The van der Waals surface area contributed by atoms with Gasteiger partial charge in [-0.3, -0.25) is 19.1 Å². The Balaban J connectivity index is 1.31. The van der Waals surface area contributed by atoms with Crippen molar-refractivity contribution < 1.29 is 14.4 Å². The van der Waals surface area contributed by atoms with E-state index >= 15 is 0 Å². The summed E-state index contributed by atoms with van der Waals surface area (Å²) >= 11 is 12.3. The number of nitrogens with one attached hydrogen (secondary N) is 1. The molecule has 2 aliphatic heterocycles. The van der Waals surface area contributed by atoms with Crippen molar-refractivity contribution in [1.82, 2.24) is 24.9 Å². The summed E-state index contributed by atoms with van der Waals surface area (Å²) in [6.45, 7) is 2.32. The minimum atomic E-state index is -0.477. The molecule has 2 aliphatic rings. The van der Waals surface area contributed by atoms with Crippen LogP contribution in [-0.2, 0) is 11.8 Å². The fourth-order valence-corrected chi connectivity index (χ4v) is 4.90. The van der Waals surface area contributed by atoms with Crippen LogP contribution >= 0.6 is 23.2 Å². The van der Waals surface area contributed by atoms with Crippen LogP contribution in [0.1, 0.15) is 46.4 Å². The van der Waals surface area contributed by atoms with Gasteiger partial charge in [-0.2, -0.15) is 5.10 Å². The Morgan fingerprint density at radius 1 is 1.12 bits per heavy atom. The van der Waals surface area contributed by atoms with E-state index < -0.39 is 6.04 Å². The minimum absolute atomic E-state index is 0.0168. The Bertz CT molecular complexity index is 1050. The van der Waals surface area contributed by atoms with Crippen molar-refractivity contribution in [3.05, 3.63) is 51.8 Å². The second-order valence-corrected chi connectivity index (χ2v) is 9.51. The molecule has 1 N–H and O–H groups in total. The molecule has 0 radical (unpaired) electrons. The normalized spacial score (nSPS) is 19.1. The molecule has 2 saturated heterocycles. The number of hydrogen-bond acceptors (Lipinski definition) is 4. The van der Waals surface area contributed by atoms with Gasteiger partial charge in [0, 0.05) is 44.4 Å². The summed E-state index contributed by atoms with van der Waals surface area (Å²) in [4.78, 5) is 42.0. The van der Waals surface area contributed by atoms with E-state index in [2.05, 4.69) is 10.4 Å². The van der Waals surface area contributed by atoms with Gasteiger partial charge < -0.3 is 15.1 Å². The molecule has 0 aliphatic carbocycles. The lowest BCUT2D eigenvalue weighted by molar-refractivity contribution is -0.136. The van der Waals surface area contributed by atoms with Crippen molar-refractivity contribution in [3.8, 4) is 0 Å². The minimum Gasteiger partial charge on any atom is -0.352 e. The average molecular weight is 492 g/mol. The summed E-state index contributed by atoms with van der Waals surface area (Å²) < 4.78 is 1.59. The molecule has 1 aromatic heterocycles. The second kappa shape index (κ2) is 10.1. The lowest BCUT2D eigenvalue weighted by atomic mass is 9.96. The number of amides is 3. The van der Waals surface area contributed by atoms with Gasteiger partial charge >= 0.3 is 0 Å². The molecule has 2 aromatic rings. The van der Waals surface area contributed by atoms with Gasteiger partial charge in [-0.25, -0.2) is 0 Å². The topological polar surface area (TPSA) is 87.5 Å². The fourth-order valence-electron chi connectivity index (χ4n) is 4.53. The number of aromatic nitrogens is 2. The zero-order valence-corrected chi connectivity index (χ0v) is 20.0. The zero-order chi connectivity index (χ0) is 23.5. The summed E-state index contributed by atoms with van der Waals surface area (Å²) in [6, 6.07) is 4.31. The average Bonchev–Trinajstić information content (AvgIpc) is 3.48. The molecule has 10 heteroatoms. The smallest absolute Gasteiger partial charge is 0.256 e. The first kappa shape index (κ1) is 23.6. The molecule has 176 valence electrons. The van der Waals surface area contributed by atoms with Crippen LogP contribution in [0.15, 0.2) is 30.6 Å². The summed E-state index contributed by atoms with van der Waals surface area (Å²) in [5.74, 6) is -0.106. The number of halogens is 2. The Morgan fingerprint density at radius 3 is 2.58 bits per heavy atom. The maximum atomic E-state index is 13.3. The highest BCUT2D eigenvalue weighted by atomic mass is 35.5. The third kappa shape index (κ3) is 5.33. The van der Waals surface area contributed by atoms with Gasteiger partial charge in [0.1, 0.15) is 6.04 Å². The number of benzene rings is 1. The maximum Gasteiger partial charge on any atom is 0.256 e. The van der Waals surface area contributed by atoms with Crippen LogP contribution in [0.25, 0.3) is 0 Å². The van der Waals surface area contributed by atoms with Gasteiger partial charge in [-0.05, 0) is 49.8 Å². The van der Waals surface area contributed by atoms with E-state index in [1.54, 1.807) is 47.2 Å². The number of piperidine rings is 1. The summed E-state index contributed by atoms with van der Waals surface area (Å²) in [5.41, 5.74) is 0.864. The molecule has 4 rings (SSSR count). The maximum absolute atomic E-state index is 13.3. The molecule has 3 amide bonds. The molecular formula is C23H27Cl2N5O3. The van der Waals surface area contributed by atoms with Crippen molar-refractivity contribution in [2.24, 2.45) is 13.0 Å². The predicted octanol–water partition coefficient (Wildman–Crippen LogP) is 3.00. The summed E-state index contributed by atoms with van der Waals surface area (Å²) in [6.07, 6.45) is 6.25. The van der Waals surface area contributed by atoms with Crippen molar-refractivity contribution in [2.45, 2.75) is 31.7 Å². The van der Waals surface area contributed by atoms with E-state index in [-0.39, 0.29) is 17.7 Å². The highest BCUT2D eigenvalue weighted by Crippen LogP contribution is 2.28. The van der Waals surface area contributed by atoms with E-state index in [1.807, 2.05) is 4.90 Å². The number of aryl methyl sites for hydroxylation is 1. The van der Waals surface area contributed by atoms with Crippen LogP contribution in [0.4, 0.5) is 0 Å². The largest absolute Gasteiger partial charge is 0.352 e. The summed E-state index contributed by atoms with van der Waals surface area (Å²) in [5, 5.41) is 7.74. The van der Waals surface area contributed by atoms with Crippen LogP contribution in [-0.4, -0.2) is 69.5 Å². The lowest BCUT2D eigenvalue weighted by Gasteiger charge is -2.35. The molecular weight excluding hydrogens is 465 g/mol. The van der Waals surface area contributed by atoms with Crippen molar-refractivity contribution >= 4 is 40.9 Å². The fraction of sp³-hybridized carbons (Fsp3) is 0.478. The third-order valence-corrected chi connectivity index (χ3v) is 6.97. The first-order chi connectivity index (χ1) is 15.8. The molecule has 1 unspecified atom stereocenters. The van der Waals surface area contributed by atoms with Crippen molar-refractivity contribution in [2.75, 3.05) is 26.2 Å². The molecule has 0 saturated carbocycles. The molecule has 8 nitrogen and oxygen atoms in total. The lowest BCUT2D eigenvalue weighted by Crippen LogP contribution is -2.50. The van der Waals surface area contributed by atoms with Crippen LogP contribution in [0.5, 0.6) is 0 Å². The first-order valence-electron chi connectivity index (χ1n) is 11.1. The molecule has 0 bridgehead atoms. The number of hydrogen-bond donors (Lipinski definition) is 1. The van der Waals surface area contributed by atoms with Gasteiger partial charge in [-0.1, -0.05) is 23.2 Å². The Kier molecular flexibility index (Phi) is 7.24. The van der Waals surface area contributed by atoms with Crippen LogP contribution in [0.2, 0.25) is 10.0 Å². The van der Waals surface area contributed by atoms with Crippen LogP contribution in [0, 0.1) is 5.92 Å². The third-order valence-electron chi connectivity index (χ3n) is 6.40. The van der Waals surface area contributed by atoms with Gasteiger partial charge in [0.25, 0.3) is 11.8 Å². The SMILES string of the molecule is Cn1cc(C(=O)NCC2CCN(C(=O)C3CCCN3C(=O)c3cc(Cl)ccc3Cl)CC2)cn1. The van der Waals surface area contributed by atoms with Crippen LogP contribution < -0.4 is 5.32 Å². The second-order valence-electron chi connectivity index (χ2n) is 8.66. The van der Waals surface area contributed by atoms with E-state index in [4.69, 9.17) is 23.2 Å². The highest BCUT2D eigenvalue weighted by molar-refractivity contribution is 6.35. The number of nitrogens with zero attached hydrogens (tertiary/aromatic N) is 4. The van der Waals surface area contributed by atoms with E-state index in [0.29, 0.717) is 59.7 Å². The Morgan fingerprint density at radius 2 is 1.88 bits per heavy atom. The monoisotopic (exact) mass is 491 g/mol. The van der Waals surface area contributed by atoms with Gasteiger partial charge in [-0.15, -0.1) is 0 Å². The molecule has 33 heavy (non-hydrogen) atoms. The van der Waals surface area contributed by atoms with E-state index in [9.17, 15) is 14.4 Å². The number of carbonyl (C=O) groups is 3. The van der Waals surface area contributed by atoms with Gasteiger partial charge in [0.2, 0.25) is 5.91 Å². The van der Waals surface area contributed by atoms with Gasteiger partial charge in [0.15, 0.2) is 0 Å². The quantitative estimate of drug-likeness (QED) is 0.696. The molecule has 2 fully saturated rings. The van der Waals surface area contributed by atoms with Crippen molar-refractivity contribution in [1.29, 1.82) is 0 Å². The van der Waals surface area contributed by atoms with Crippen molar-refractivity contribution in [3.63, 3.8) is 0 Å². The van der Waals surface area contributed by atoms with Crippen LogP contribution in [0.3, 0.4) is 0 Å².